The van der Waals surface area contributed by atoms with E-state index in [2.05, 4.69) is 20.8 Å². The van der Waals surface area contributed by atoms with Gasteiger partial charge < -0.3 is 4.90 Å². The van der Waals surface area contributed by atoms with Gasteiger partial charge in [0.15, 0.2) is 0 Å². The van der Waals surface area contributed by atoms with E-state index in [1.54, 1.807) is 4.31 Å². The van der Waals surface area contributed by atoms with Crippen molar-refractivity contribution in [3.05, 3.63) is 35.9 Å². The molecule has 1 aromatic rings. The number of aryl methyl sites for hydroxylation is 1. The lowest BCUT2D eigenvalue weighted by molar-refractivity contribution is 0.305. The zero-order valence-electron chi connectivity index (χ0n) is 12.2. The average molecular weight is 375 g/mol. The molecule has 118 valence electrons. The van der Waals surface area contributed by atoms with E-state index in [4.69, 9.17) is 0 Å². The zero-order chi connectivity index (χ0) is 15.1. The highest BCUT2D eigenvalue weighted by molar-refractivity contribution is 9.09. The van der Waals surface area contributed by atoms with Crippen LogP contribution in [0.4, 0.5) is 0 Å². The van der Waals surface area contributed by atoms with Crippen LogP contribution in [0.1, 0.15) is 12.0 Å². The molecule has 6 heteroatoms. The maximum Gasteiger partial charge on any atom is 0.214 e. The van der Waals surface area contributed by atoms with Gasteiger partial charge in [0.25, 0.3) is 0 Å². The van der Waals surface area contributed by atoms with Crippen molar-refractivity contribution < 1.29 is 8.42 Å². The SMILES string of the molecule is O=S(=O)(CCc1ccccc1)N1CCCN(CCBr)CC1. The third-order valence-corrected chi connectivity index (χ3v) is 6.06. The Morgan fingerprint density at radius 3 is 2.52 bits per heavy atom. The number of alkyl halides is 1. The van der Waals surface area contributed by atoms with Crippen LogP contribution in [0, 0.1) is 0 Å². The maximum absolute atomic E-state index is 12.5. The minimum absolute atomic E-state index is 0.204. The van der Waals surface area contributed by atoms with Crippen molar-refractivity contribution in [3.8, 4) is 0 Å². The first kappa shape index (κ1) is 16.9. The quantitative estimate of drug-likeness (QED) is 0.714. The molecule has 0 amide bonds. The molecule has 0 radical (unpaired) electrons. The third-order valence-electron chi connectivity index (χ3n) is 3.83. The van der Waals surface area contributed by atoms with Crippen molar-refractivity contribution in [2.24, 2.45) is 0 Å². The molecule has 0 saturated carbocycles. The molecule has 1 aromatic carbocycles. The molecule has 21 heavy (non-hydrogen) atoms. The standard InChI is InChI=1S/C15H23BrN2O2S/c16-8-11-17-9-4-10-18(13-12-17)21(19,20)14-7-15-5-2-1-3-6-15/h1-3,5-6H,4,7-14H2. The minimum Gasteiger partial charge on any atom is -0.301 e. The molecule has 1 aliphatic heterocycles. The number of hydrogen-bond acceptors (Lipinski definition) is 3. The third kappa shape index (κ3) is 5.36. The van der Waals surface area contributed by atoms with Crippen LogP contribution in [0.25, 0.3) is 0 Å². The first-order chi connectivity index (χ1) is 10.1. The second-order valence-electron chi connectivity index (χ2n) is 5.33. The van der Waals surface area contributed by atoms with Gasteiger partial charge in [0.2, 0.25) is 10.0 Å². The molecule has 0 unspecified atom stereocenters. The summed E-state index contributed by atoms with van der Waals surface area (Å²) in [7, 11) is -3.15. The Morgan fingerprint density at radius 2 is 1.81 bits per heavy atom. The molecule has 0 atom stereocenters. The van der Waals surface area contributed by atoms with Gasteiger partial charge in [-0.25, -0.2) is 12.7 Å². The summed E-state index contributed by atoms with van der Waals surface area (Å²) in [6.45, 7) is 4.06. The lowest BCUT2D eigenvalue weighted by Gasteiger charge is -2.21. The Hall–Kier alpha value is -0.430. The van der Waals surface area contributed by atoms with Crippen LogP contribution in [0.2, 0.25) is 0 Å². The highest BCUT2D eigenvalue weighted by atomic mass is 79.9. The molecule has 1 heterocycles. The summed E-state index contributed by atoms with van der Waals surface area (Å²) in [6, 6.07) is 9.81. The van der Waals surface area contributed by atoms with Crippen molar-refractivity contribution in [1.29, 1.82) is 0 Å². The molecule has 4 nitrogen and oxygen atoms in total. The highest BCUT2D eigenvalue weighted by Crippen LogP contribution is 2.11. The van der Waals surface area contributed by atoms with Crippen LogP contribution in [-0.4, -0.2) is 61.4 Å². The monoisotopic (exact) mass is 374 g/mol. The zero-order valence-corrected chi connectivity index (χ0v) is 14.7. The summed E-state index contributed by atoms with van der Waals surface area (Å²) in [4.78, 5) is 2.32. The van der Waals surface area contributed by atoms with Gasteiger partial charge in [0.05, 0.1) is 5.75 Å². The number of hydrogen-bond donors (Lipinski definition) is 0. The number of rotatable bonds is 6. The predicted octanol–water partition coefficient (Wildman–Crippen LogP) is 1.96. The molecular weight excluding hydrogens is 352 g/mol. The van der Waals surface area contributed by atoms with E-state index in [1.807, 2.05) is 30.3 Å². The van der Waals surface area contributed by atoms with Crippen LogP contribution in [0.5, 0.6) is 0 Å². The molecule has 0 aliphatic carbocycles. The van der Waals surface area contributed by atoms with Gasteiger partial charge in [-0.15, -0.1) is 0 Å². The van der Waals surface area contributed by atoms with Crippen LogP contribution in [0.15, 0.2) is 30.3 Å². The van der Waals surface area contributed by atoms with Gasteiger partial charge in [0.1, 0.15) is 0 Å². The first-order valence-corrected chi connectivity index (χ1v) is 10.1. The minimum atomic E-state index is -3.15. The van der Waals surface area contributed by atoms with Gasteiger partial charge in [-0.3, -0.25) is 0 Å². The van der Waals surface area contributed by atoms with E-state index in [9.17, 15) is 8.42 Å². The molecule has 1 fully saturated rings. The Labute approximate surface area is 136 Å². The largest absolute Gasteiger partial charge is 0.301 e. The van der Waals surface area contributed by atoms with E-state index in [0.717, 1.165) is 36.9 Å². The number of benzene rings is 1. The van der Waals surface area contributed by atoms with E-state index < -0.39 is 10.0 Å². The van der Waals surface area contributed by atoms with Gasteiger partial charge in [-0.1, -0.05) is 46.3 Å². The van der Waals surface area contributed by atoms with Gasteiger partial charge in [-0.05, 0) is 24.9 Å². The summed E-state index contributed by atoms with van der Waals surface area (Å²) < 4.78 is 26.6. The van der Waals surface area contributed by atoms with E-state index >= 15 is 0 Å². The fraction of sp³-hybridized carbons (Fsp3) is 0.600. The molecule has 0 aromatic heterocycles. The summed E-state index contributed by atoms with van der Waals surface area (Å²) in [5, 5.41) is 0.938. The van der Waals surface area contributed by atoms with Crippen molar-refractivity contribution in [1.82, 2.24) is 9.21 Å². The number of halogens is 1. The summed E-state index contributed by atoms with van der Waals surface area (Å²) >= 11 is 3.44. The van der Waals surface area contributed by atoms with Crippen LogP contribution in [0.3, 0.4) is 0 Å². The Balaban J connectivity index is 1.90. The molecule has 0 bridgehead atoms. The lowest BCUT2D eigenvalue weighted by atomic mass is 10.2. The molecule has 0 N–H and O–H groups in total. The van der Waals surface area contributed by atoms with Crippen molar-refractivity contribution in [2.75, 3.05) is 43.8 Å². The number of sulfonamides is 1. The molecule has 1 saturated heterocycles. The average Bonchev–Trinajstić information content (AvgIpc) is 2.73. The number of nitrogens with zero attached hydrogens (tertiary/aromatic N) is 2. The highest BCUT2D eigenvalue weighted by Gasteiger charge is 2.24. The predicted molar refractivity (Wildman–Crippen MR) is 90.4 cm³/mol. The van der Waals surface area contributed by atoms with Crippen LogP contribution < -0.4 is 0 Å². The summed E-state index contributed by atoms with van der Waals surface area (Å²) in [6.07, 6.45) is 1.50. The van der Waals surface area contributed by atoms with Crippen LogP contribution >= 0.6 is 15.9 Å². The van der Waals surface area contributed by atoms with Gasteiger partial charge >= 0.3 is 0 Å². The Morgan fingerprint density at radius 1 is 1.05 bits per heavy atom. The van der Waals surface area contributed by atoms with E-state index in [-0.39, 0.29) is 5.75 Å². The second kappa shape index (κ2) is 8.27. The molecule has 2 rings (SSSR count). The van der Waals surface area contributed by atoms with Crippen molar-refractivity contribution >= 4 is 26.0 Å². The lowest BCUT2D eigenvalue weighted by Crippen LogP contribution is -2.37. The fourth-order valence-corrected chi connectivity index (χ4v) is 4.61. The topological polar surface area (TPSA) is 40.6 Å². The van der Waals surface area contributed by atoms with E-state index in [0.29, 0.717) is 19.5 Å². The van der Waals surface area contributed by atoms with Gasteiger partial charge in [-0.2, -0.15) is 0 Å². The second-order valence-corrected chi connectivity index (χ2v) is 8.22. The normalized spacial score (nSPS) is 18.5. The molecule has 1 aliphatic rings. The molecule has 0 spiro atoms. The summed E-state index contributed by atoms with van der Waals surface area (Å²) in [5.41, 5.74) is 1.08. The summed E-state index contributed by atoms with van der Waals surface area (Å²) in [5.74, 6) is 0.204. The van der Waals surface area contributed by atoms with Gasteiger partial charge in [0, 0.05) is 31.5 Å². The Bertz CT molecular complexity index is 522. The smallest absolute Gasteiger partial charge is 0.214 e. The maximum atomic E-state index is 12.5. The fourth-order valence-electron chi connectivity index (χ4n) is 2.59. The Kier molecular flexibility index (Phi) is 6.67. The molecular formula is C15H23BrN2O2S. The van der Waals surface area contributed by atoms with Crippen LogP contribution in [-0.2, 0) is 16.4 Å². The van der Waals surface area contributed by atoms with Crippen molar-refractivity contribution in [3.63, 3.8) is 0 Å². The van der Waals surface area contributed by atoms with Crippen molar-refractivity contribution in [2.45, 2.75) is 12.8 Å². The first-order valence-electron chi connectivity index (χ1n) is 7.42. The van der Waals surface area contributed by atoms with E-state index in [1.165, 1.54) is 0 Å².